The van der Waals surface area contributed by atoms with Crippen molar-refractivity contribution >= 4 is 17.1 Å². The van der Waals surface area contributed by atoms with Crippen molar-refractivity contribution in [1.29, 1.82) is 0 Å². The number of furan rings is 1. The molecule has 4 aromatic rings. The van der Waals surface area contributed by atoms with E-state index in [9.17, 15) is 5.11 Å². The van der Waals surface area contributed by atoms with Crippen LogP contribution in [0.4, 0.5) is 5.95 Å². The molecular weight excluding hydrogens is 322 g/mol. The Morgan fingerprint density at radius 2 is 1.96 bits per heavy atom. The van der Waals surface area contributed by atoms with Crippen LogP contribution < -0.4 is 5.73 Å². The first-order valence-electron chi connectivity index (χ1n) is 7.63. The number of anilines is 1. The average Bonchev–Trinajstić information content (AvgIpc) is 3.21. The quantitative estimate of drug-likeness (QED) is 0.570. The van der Waals surface area contributed by atoms with Crippen LogP contribution in [0.5, 0.6) is 0 Å². The molecule has 0 fully saturated rings. The minimum Gasteiger partial charge on any atom is -0.460 e. The van der Waals surface area contributed by atoms with E-state index in [1.807, 2.05) is 31.2 Å². The van der Waals surface area contributed by atoms with Gasteiger partial charge in [0.1, 0.15) is 11.5 Å². The van der Waals surface area contributed by atoms with Crippen LogP contribution in [0.25, 0.3) is 22.6 Å². The number of aliphatic hydroxyl groups is 1. The van der Waals surface area contributed by atoms with Gasteiger partial charge in [-0.25, -0.2) is 9.67 Å². The van der Waals surface area contributed by atoms with Gasteiger partial charge >= 0.3 is 0 Å². The lowest BCUT2D eigenvalue weighted by molar-refractivity contribution is 0.276. The van der Waals surface area contributed by atoms with Crippen LogP contribution in [-0.2, 0) is 13.2 Å². The second-order valence-electron chi connectivity index (χ2n) is 5.54. The van der Waals surface area contributed by atoms with Gasteiger partial charge in [0.25, 0.3) is 0 Å². The third-order valence-corrected chi connectivity index (χ3v) is 3.69. The largest absolute Gasteiger partial charge is 0.460 e. The number of aromatic nitrogens is 6. The number of aliphatic hydroxyl groups excluding tert-OH is 1. The first kappa shape index (κ1) is 15.2. The van der Waals surface area contributed by atoms with Gasteiger partial charge in [-0.3, -0.25) is 4.98 Å². The van der Waals surface area contributed by atoms with Gasteiger partial charge in [-0.2, -0.15) is 4.98 Å². The molecule has 0 unspecified atom stereocenters. The van der Waals surface area contributed by atoms with Crippen molar-refractivity contribution in [3.05, 3.63) is 47.5 Å². The highest BCUT2D eigenvalue weighted by Crippen LogP contribution is 2.26. The van der Waals surface area contributed by atoms with Crippen LogP contribution in [0.1, 0.15) is 17.1 Å². The summed E-state index contributed by atoms with van der Waals surface area (Å²) in [5.41, 5.74) is 8.66. The minimum absolute atomic E-state index is 0.108. The SMILES string of the molecule is Cc1ccc(-c2nc(N)nc3c2nnn3Cc2cccc(CO)n2)o1. The van der Waals surface area contributed by atoms with Crippen LogP contribution >= 0.6 is 0 Å². The van der Waals surface area contributed by atoms with Crippen LogP contribution in [0, 0.1) is 6.92 Å². The molecule has 4 aromatic heterocycles. The lowest BCUT2D eigenvalue weighted by atomic mass is 10.3. The Hall–Kier alpha value is -3.33. The Bertz CT molecular complexity index is 1050. The van der Waals surface area contributed by atoms with Gasteiger partial charge in [-0.1, -0.05) is 11.3 Å². The summed E-state index contributed by atoms with van der Waals surface area (Å²) < 4.78 is 7.22. The Morgan fingerprint density at radius 3 is 2.72 bits per heavy atom. The molecule has 9 heteroatoms. The van der Waals surface area contributed by atoms with Crippen molar-refractivity contribution in [3.8, 4) is 11.5 Å². The molecule has 0 aliphatic heterocycles. The lowest BCUT2D eigenvalue weighted by Crippen LogP contribution is -2.07. The number of hydrogen-bond donors (Lipinski definition) is 2. The molecule has 0 saturated heterocycles. The molecular formula is C16H15N7O2. The van der Waals surface area contributed by atoms with Crippen LogP contribution in [0.3, 0.4) is 0 Å². The monoisotopic (exact) mass is 337 g/mol. The molecule has 3 N–H and O–H groups in total. The van der Waals surface area contributed by atoms with Crippen molar-refractivity contribution in [1.82, 2.24) is 29.9 Å². The fourth-order valence-corrected chi connectivity index (χ4v) is 2.57. The van der Waals surface area contributed by atoms with Gasteiger partial charge in [0, 0.05) is 0 Å². The minimum atomic E-state index is -0.122. The summed E-state index contributed by atoms with van der Waals surface area (Å²) >= 11 is 0. The number of rotatable bonds is 4. The van der Waals surface area contributed by atoms with E-state index in [1.54, 1.807) is 10.7 Å². The molecule has 0 aromatic carbocycles. The Labute approximate surface area is 142 Å². The summed E-state index contributed by atoms with van der Waals surface area (Å²) in [5, 5.41) is 17.5. The highest BCUT2D eigenvalue weighted by molar-refractivity contribution is 5.86. The lowest BCUT2D eigenvalue weighted by Gasteiger charge is -2.04. The Morgan fingerprint density at radius 1 is 1.12 bits per heavy atom. The topological polar surface area (TPSA) is 129 Å². The van der Waals surface area contributed by atoms with E-state index in [-0.39, 0.29) is 12.6 Å². The normalized spacial score (nSPS) is 11.3. The van der Waals surface area contributed by atoms with E-state index >= 15 is 0 Å². The van der Waals surface area contributed by atoms with Gasteiger partial charge in [-0.15, -0.1) is 5.10 Å². The molecule has 0 bridgehead atoms. The van der Waals surface area contributed by atoms with Gasteiger partial charge in [0.2, 0.25) is 5.95 Å². The summed E-state index contributed by atoms with van der Waals surface area (Å²) in [4.78, 5) is 12.8. The number of hydrogen-bond acceptors (Lipinski definition) is 8. The van der Waals surface area contributed by atoms with Gasteiger partial charge in [-0.05, 0) is 31.2 Å². The van der Waals surface area contributed by atoms with E-state index in [0.29, 0.717) is 34.9 Å². The second kappa shape index (κ2) is 5.95. The summed E-state index contributed by atoms with van der Waals surface area (Å²) in [5.74, 6) is 1.43. The summed E-state index contributed by atoms with van der Waals surface area (Å²) in [6, 6.07) is 9.07. The summed E-state index contributed by atoms with van der Waals surface area (Å²) in [6.45, 7) is 2.07. The molecule has 4 rings (SSSR count). The van der Waals surface area contributed by atoms with Crippen LogP contribution in [-0.4, -0.2) is 35.1 Å². The van der Waals surface area contributed by atoms with Crippen molar-refractivity contribution in [2.75, 3.05) is 5.73 Å². The summed E-state index contributed by atoms with van der Waals surface area (Å²) in [6.07, 6.45) is 0. The van der Waals surface area contributed by atoms with E-state index in [2.05, 4.69) is 25.3 Å². The molecule has 0 aliphatic carbocycles. The van der Waals surface area contributed by atoms with Crippen molar-refractivity contribution < 1.29 is 9.52 Å². The molecule has 0 spiro atoms. The smallest absolute Gasteiger partial charge is 0.222 e. The zero-order chi connectivity index (χ0) is 17.4. The zero-order valence-corrected chi connectivity index (χ0v) is 13.4. The molecule has 0 radical (unpaired) electrons. The van der Waals surface area contributed by atoms with Crippen LogP contribution in [0.2, 0.25) is 0 Å². The van der Waals surface area contributed by atoms with E-state index in [0.717, 1.165) is 11.5 Å². The molecule has 126 valence electrons. The van der Waals surface area contributed by atoms with Crippen molar-refractivity contribution in [3.63, 3.8) is 0 Å². The maximum Gasteiger partial charge on any atom is 0.222 e. The Balaban J connectivity index is 1.80. The zero-order valence-electron chi connectivity index (χ0n) is 13.4. The molecule has 4 heterocycles. The number of nitrogens with zero attached hydrogens (tertiary/aromatic N) is 6. The fourth-order valence-electron chi connectivity index (χ4n) is 2.57. The third-order valence-electron chi connectivity index (χ3n) is 3.69. The highest BCUT2D eigenvalue weighted by Gasteiger charge is 2.18. The van der Waals surface area contributed by atoms with E-state index in [1.165, 1.54) is 0 Å². The standard InChI is InChI=1S/C16H15N7O2/c1-9-5-6-12(25-9)13-14-15(20-16(17)19-13)23(22-21-14)7-10-3-2-4-11(8-24)18-10/h2-6,24H,7-8H2,1H3,(H2,17,19,20). The predicted molar refractivity (Wildman–Crippen MR) is 89.2 cm³/mol. The highest BCUT2D eigenvalue weighted by atomic mass is 16.3. The van der Waals surface area contributed by atoms with E-state index < -0.39 is 0 Å². The third kappa shape index (κ3) is 2.81. The number of nitrogens with two attached hydrogens (primary N) is 1. The molecule has 0 aliphatic rings. The molecule has 25 heavy (non-hydrogen) atoms. The maximum atomic E-state index is 9.22. The van der Waals surface area contributed by atoms with Crippen molar-refractivity contribution in [2.45, 2.75) is 20.1 Å². The first-order chi connectivity index (χ1) is 12.1. The van der Waals surface area contributed by atoms with E-state index in [4.69, 9.17) is 10.2 Å². The molecule has 0 atom stereocenters. The van der Waals surface area contributed by atoms with Crippen LogP contribution in [0.15, 0.2) is 34.7 Å². The molecule has 0 saturated carbocycles. The number of aryl methyl sites for hydroxylation is 1. The average molecular weight is 337 g/mol. The van der Waals surface area contributed by atoms with Gasteiger partial charge in [0.15, 0.2) is 16.9 Å². The fraction of sp³-hybridized carbons (Fsp3) is 0.188. The first-order valence-corrected chi connectivity index (χ1v) is 7.63. The number of nitrogen functional groups attached to an aromatic ring is 1. The summed E-state index contributed by atoms with van der Waals surface area (Å²) in [7, 11) is 0. The van der Waals surface area contributed by atoms with Gasteiger partial charge in [0.05, 0.1) is 24.5 Å². The van der Waals surface area contributed by atoms with Crippen molar-refractivity contribution in [2.24, 2.45) is 0 Å². The number of fused-ring (bicyclic) bond motifs is 1. The second-order valence-corrected chi connectivity index (χ2v) is 5.54. The molecule has 0 amide bonds. The molecule has 9 nitrogen and oxygen atoms in total. The Kier molecular flexibility index (Phi) is 3.62. The van der Waals surface area contributed by atoms with Gasteiger partial charge < -0.3 is 15.3 Å². The maximum absolute atomic E-state index is 9.22. The number of pyridine rings is 1. The predicted octanol–water partition coefficient (Wildman–Crippen LogP) is 1.31.